The second-order valence-corrected chi connectivity index (χ2v) is 6.40. The Kier molecular flexibility index (Phi) is 3.39. The van der Waals surface area contributed by atoms with Crippen molar-refractivity contribution in [3.05, 3.63) is 24.3 Å². The molecule has 6 heteroatoms. The number of amides is 3. The molecule has 3 aliphatic rings. The summed E-state index contributed by atoms with van der Waals surface area (Å²) in [4.78, 5) is 30.6. The minimum Gasteiger partial charge on any atom is -0.495 e. The van der Waals surface area contributed by atoms with E-state index >= 15 is 0 Å². The first kappa shape index (κ1) is 14.4. The Morgan fingerprint density at radius 2 is 1.96 bits per heavy atom. The molecule has 122 valence electrons. The number of methoxy groups -OCH3 is 1. The maximum Gasteiger partial charge on any atom is 0.327 e. The standard InChI is InChI=1S/C17H21N3O3/c1-23-15-7-3-2-5-13(15)18-10-8-12(11-18)20-16(21)14-6-4-9-19(14)17(20)22/h2-3,5,7,12,14H,4,6,8-11H2,1H3/t12-,14+/m0/s1. The Morgan fingerprint density at radius 1 is 1.13 bits per heavy atom. The number of rotatable bonds is 3. The summed E-state index contributed by atoms with van der Waals surface area (Å²) >= 11 is 0. The minimum atomic E-state index is -0.206. The Bertz CT molecular complexity index is 626. The average molecular weight is 315 g/mol. The van der Waals surface area contributed by atoms with Crippen LogP contribution in [0.15, 0.2) is 24.3 Å². The predicted octanol–water partition coefficient (Wildman–Crippen LogP) is 1.70. The van der Waals surface area contributed by atoms with Gasteiger partial charge in [-0.05, 0) is 31.4 Å². The Labute approximate surface area is 135 Å². The molecule has 3 saturated heterocycles. The quantitative estimate of drug-likeness (QED) is 0.797. The van der Waals surface area contributed by atoms with E-state index in [9.17, 15) is 9.59 Å². The summed E-state index contributed by atoms with van der Waals surface area (Å²) in [6.45, 7) is 2.22. The maximum atomic E-state index is 12.6. The number of fused-ring (bicyclic) bond motifs is 1. The highest BCUT2D eigenvalue weighted by molar-refractivity contribution is 6.05. The molecule has 3 aliphatic heterocycles. The third-order valence-electron chi connectivity index (χ3n) is 5.18. The number of ether oxygens (including phenoxy) is 1. The van der Waals surface area contributed by atoms with Crippen molar-refractivity contribution >= 4 is 17.6 Å². The van der Waals surface area contributed by atoms with E-state index < -0.39 is 0 Å². The number of imide groups is 1. The van der Waals surface area contributed by atoms with E-state index in [-0.39, 0.29) is 24.0 Å². The Balaban J connectivity index is 1.53. The molecule has 0 radical (unpaired) electrons. The van der Waals surface area contributed by atoms with Gasteiger partial charge in [-0.1, -0.05) is 12.1 Å². The summed E-state index contributed by atoms with van der Waals surface area (Å²) < 4.78 is 5.42. The predicted molar refractivity (Wildman–Crippen MR) is 85.6 cm³/mol. The van der Waals surface area contributed by atoms with Crippen molar-refractivity contribution in [1.82, 2.24) is 9.80 Å². The first-order valence-corrected chi connectivity index (χ1v) is 8.22. The fraction of sp³-hybridized carbons (Fsp3) is 0.529. The molecule has 0 unspecified atom stereocenters. The van der Waals surface area contributed by atoms with Gasteiger partial charge in [0, 0.05) is 19.6 Å². The number of para-hydroxylation sites is 2. The molecule has 6 nitrogen and oxygen atoms in total. The zero-order chi connectivity index (χ0) is 16.0. The first-order chi connectivity index (χ1) is 11.2. The molecule has 0 saturated carbocycles. The number of nitrogens with zero attached hydrogens (tertiary/aromatic N) is 3. The SMILES string of the molecule is COc1ccccc1N1CC[C@H](N2C(=O)[C@H]3CCCN3C2=O)C1. The summed E-state index contributed by atoms with van der Waals surface area (Å²) in [5, 5.41) is 0. The fourth-order valence-corrected chi connectivity index (χ4v) is 4.04. The number of anilines is 1. The molecule has 2 atom stereocenters. The second-order valence-electron chi connectivity index (χ2n) is 6.40. The third kappa shape index (κ3) is 2.16. The largest absolute Gasteiger partial charge is 0.495 e. The Morgan fingerprint density at radius 3 is 2.74 bits per heavy atom. The number of hydrogen-bond acceptors (Lipinski definition) is 4. The zero-order valence-electron chi connectivity index (χ0n) is 13.3. The second kappa shape index (κ2) is 5.44. The molecule has 0 aliphatic carbocycles. The molecular weight excluding hydrogens is 294 g/mol. The monoisotopic (exact) mass is 315 g/mol. The van der Waals surface area contributed by atoms with Gasteiger partial charge >= 0.3 is 6.03 Å². The van der Waals surface area contributed by atoms with Gasteiger partial charge in [0.25, 0.3) is 5.91 Å². The number of benzene rings is 1. The van der Waals surface area contributed by atoms with Crippen LogP contribution in [0.4, 0.5) is 10.5 Å². The van der Waals surface area contributed by atoms with Gasteiger partial charge in [0.15, 0.2) is 0 Å². The zero-order valence-corrected chi connectivity index (χ0v) is 13.3. The molecule has 0 spiro atoms. The lowest BCUT2D eigenvalue weighted by molar-refractivity contribution is -0.129. The van der Waals surface area contributed by atoms with Crippen molar-refractivity contribution in [1.29, 1.82) is 0 Å². The fourth-order valence-electron chi connectivity index (χ4n) is 4.04. The van der Waals surface area contributed by atoms with Gasteiger partial charge < -0.3 is 14.5 Å². The topological polar surface area (TPSA) is 53.1 Å². The van der Waals surface area contributed by atoms with Gasteiger partial charge in [0.1, 0.15) is 11.8 Å². The highest BCUT2D eigenvalue weighted by atomic mass is 16.5. The summed E-state index contributed by atoms with van der Waals surface area (Å²) in [6, 6.07) is 7.54. The van der Waals surface area contributed by atoms with Crippen LogP contribution in [-0.2, 0) is 4.79 Å². The van der Waals surface area contributed by atoms with E-state index in [4.69, 9.17) is 4.74 Å². The molecule has 0 bridgehead atoms. The van der Waals surface area contributed by atoms with Crippen LogP contribution in [0, 0.1) is 0 Å². The van der Waals surface area contributed by atoms with Gasteiger partial charge in [-0.15, -0.1) is 0 Å². The lowest BCUT2D eigenvalue weighted by atomic mass is 10.2. The van der Waals surface area contributed by atoms with Crippen molar-refractivity contribution in [2.45, 2.75) is 31.3 Å². The van der Waals surface area contributed by atoms with Crippen molar-refractivity contribution in [3.63, 3.8) is 0 Å². The number of carbonyl (C=O) groups is 2. The third-order valence-corrected chi connectivity index (χ3v) is 5.18. The molecule has 1 aromatic rings. The van der Waals surface area contributed by atoms with Crippen LogP contribution < -0.4 is 9.64 Å². The normalized spacial score (nSPS) is 27.1. The van der Waals surface area contributed by atoms with E-state index in [0.29, 0.717) is 13.1 Å². The highest BCUT2D eigenvalue weighted by Crippen LogP contribution is 2.34. The van der Waals surface area contributed by atoms with Crippen molar-refractivity contribution in [2.24, 2.45) is 0 Å². The molecule has 0 aromatic heterocycles. The van der Waals surface area contributed by atoms with Gasteiger partial charge in [-0.2, -0.15) is 0 Å². The summed E-state index contributed by atoms with van der Waals surface area (Å²) in [7, 11) is 1.66. The molecule has 3 fully saturated rings. The number of carbonyl (C=O) groups excluding carboxylic acids is 2. The van der Waals surface area contributed by atoms with Crippen LogP contribution in [0.25, 0.3) is 0 Å². The van der Waals surface area contributed by atoms with Crippen LogP contribution in [-0.4, -0.2) is 60.6 Å². The molecule has 3 amide bonds. The van der Waals surface area contributed by atoms with Crippen molar-refractivity contribution < 1.29 is 14.3 Å². The van der Waals surface area contributed by atoms with Crippen LogP contribution in [0.5, 0.6) is 5.75 Å². The van der Waals surface area contributed by atoms with Crippen molar-refractivity contribution in [3.8, 4) is 5.75 Å². The van der Waals surface area contributed by atoms with E-state index in [1.165, 1.54) is 4.90 Å². The minimum absolute atomic E-state index is 0.000577. The smallest absolute Gasteiger partial charge is 0.327 e. The lowest BCUT2D eigenvalue weighted by Crippen LogP contribution is -2.43. The summed E-state index contributed by atoms with van der Waals surface area (Å²) in [5.74, 6) is 0.826. The molecule has 23 heavy (non-hydrogen) atoms. The first-order valence-electron chi connectivity index (χ1n) is 8.22. The van der Waals surface area contributed by atoms with E-state index in [0.717, 1.165) is 37.2 Å². The number of hydrogen-bond donors (Lipinski definition) is 0. The highest BCUT2D eigenvalue weighted by Gasteiger charge is 2.50. The van der Waals surface area contributed by atoms with E-state index in [2.05, 4.69) is 4.90 Å². The van der Waals surface area contributed by atoms with Gasteiger partial charge in [-0.25, -0.2) is 4.79 Å². The molecule has 0 N–H and O–H groups in total. The summed E-state index contributed by atoms with van der Waals surface area (Å²) in [5.41, 5.74) is 1.03. The van der Waals surface area contributed by atoms with Crippen LogP contribution in [0.1, 0.15) is 19.3 Å². The molecule has 1 aromatic carbocycles. The molecular formula is C17H21N3O3. The summed E-state index contributed by atoms with van der Waals surface area (Å²) in [6.07, 6.45) is 2.56. The van der Waals surface area contributed by atoms with E-state index in [1.54, 1.807) is 12.0 Å². The van der Waals surface area contributed by atoms with Gasteiger partial charge in [-0.3, -0.25) is 9.69 Å². The average Bonchev–Trinajstić information content (AvgIpc) is 3.27. The maximum absolute atomic E-state index is 12.6. The lowest BCUT2D eigenvalue weighted by Gasteiger charge is -2.24. The molecule has 3 heterocycles. The van der Waals surface area contributed by atoms with Crippen LogP contribution in [0.3, 0.4) is 0 Å². The van der Waals surface area contributed by atoms with Gasteiger partial charge in [0.05, 0.1) is 18.8 Å². The van der Waals surface area contributed by atoms with Gasteiger partial charge in [0.2, 0.25) is 0 Å². The van der Waals surface area contributed by atoms with Crippen molar-refractivity contribution in [2.75, 3.05) is 31.6 Å². The van der Waals surface area contributed by atoms with Crippen LogP contribution >= 0.6 is 0 Å². The number of urea groups is 1. The van der Waals surface area contributed by atoms with Crippen LogP contribution in [0.2, 0.25) is 0 Å². The van der Waals surface area contributed by atoms with E-state index in [1.807, 2.05) is 24.3 Å². The Hall–Kier alpha value is -2.24. The molecule has 4 rings (SSSR count).